The summed E-state index contributed by atoms with van der Waals surface area (Å²) >= 11 is 0. The highest BCUT2D eigenvalue weighted by molar-refractivity contribution is 6.13. The fourth-order valence-electron chi connectivity index (χ4n) is 3.66. The zero-order chi connectivity index (χ0) is 19.8. The monoisotopic (exact) mass is 387 g/mol. The summed E-state index contributed by atoms with van der Waals surface area (Å²) in [5.74, 6) is 0.996. The van der Waals surface area contributed by atoms with E-state index < -0.39 is 11.6 Å². The molecule has 3 aliphatic rings. The Labute approximate surface area is 166 Å². The Morgan fingerprint density at radius 2 is 1.93 bits per heavy atom. The van der Waals surface area contributed by atoms with E-state index in [-0.39, 0.29) is 19.1 Å². The summed E-state index contributed by atoms with van der Waals surface area (Å²) in [6.45, 7) is 0.167. The van der Waals surface area contributed by atoms with Gasteiger partial charge in [-0.05, 0) is 42.0 Å². The Hall–Kier alpha value is -3.87. The van der Waals surface area contributed by atoms with Crippen molar-refractivity contribution in [2.75, 3.05) is 6.79 Å². The van der Waals surface area contributed by atoms with Crippen LogP contribution in [0, 0.1) is 0 Å². The van der Waals surface area contributed by atoms with Gasteiger partial charge in [0, 0.05) is 18.2 Å². The molecule has 1 unspecified atom stereocenters. The second kappa shape index (κ2) is 6.63. The van der Waals surface area contributed by atoms with Gasteiger partial charge in [0.05, 0.1) is 0 Å². The third-order valence-electron chi connectivity index (χ3n) is 5.07. The highest BCUT2D eigenvalue weighted by Crippen LogP contribution is 2.35. The predicted octanol–water partition coefficient (Wildman–Crippen LogP) is 2.41. The first-order valence-electron chi connectivity index (χ1n) is 9.19. The number of ether oxygens (including phenoxy) is 2. The molecule has 5 rings (SSSR count). The molecule has 1 atom stereocenters. The summed E-state index contributed by atoms with van der Waals surface area (Å²) in [5.41, 5.74) is -0.0808. The van der Waals surface area contributed by atoms with E-state index in [0.717, 1.165) is 5.56 Å². The van der Waals surface area contributed by atoms with Crippen LogP contribution in [0.3, 0.4) is 0 Å². The van der Waals surface area contributed by atoms with Crippen LogP contribution in [0.15, 0.2) is 78.0 Å². The maximum atomic E-state index is 13.1. The SMILES string of the molecule is O=C(NC1(Cc2ccc3c(c2)OCO3)C(=O)N=C2C=CC=CN21)c1ccccc1. The van der Waals surface area contributed by atoms with Crippen LogP contribution in [0.4, 0.5) is 0 Å². The number of carbonyl (C=O) groups excluding carboxylic acids is 2. The molecular formula is C22H17N3O4. The summed E-state index contributed by atoms with van der Waals surface area (Å²) in [7, 11) is 0. The molecule has 2 aromatic rings. The third-order valence-corrected chi connectivity index (χ3v) is 5.07. The molecule has 2 amide bonds. The van der Waals surface area contributed by atoms with E-state index in [1.807, 2.05) is 18.2 Å². The number of hydrogen-bond donors (Lipinski definition) is 1. The number of fused-ring (bicyclic) bond motifs is 2. The first kappa shape index (κ1) is 17.2. The normalized spacial score (nSPS) is 21.2. The van der Waals surface area contributed by atoms with Crippen molar-refractivity contribution in [3.8, 4) is 11.5 Å². The first-order valence-corrected chi connectivity index (χ1v) is 9.19. The summed E-state index contributed by atoms with van der Waals surface area (Å²) in [6, 6.07) is 14.3. The zero-order valence-corrected chi connectivity index (χ0v) is 15.4. The molecule has 3 aliphatic heterocycles. The molecule has 144 valence electrons. The van der Waals surface area contributed by atoms with Gasteiger partial charge in [0.15, 0.2) is 11.5 Å². The first-order chi connectivity index (χ1) is 14.2. The smallest absolute Gasteiger partial charge is 0.295 e. The molecule has 0 aromatic heterocycles. The van der Waals surface area contributed by atoms with Gasteiger partial charge in [0.2, 0.25) is 12.5 Å². The van der Waals surface area contributed by atoms with E-state index in [2.05, 4.69) is 10.3 Å². The van der Waals surface area contributed by atoms with Gasteiger partial charge in [0.25, 0.3) is 11.8 Å². The van der Waals surface area contributed by atoms with Crippen molar-refractivity contribution in [1.82, 2.24) is 10.2 Å². The van der Waals surface area contributed by atoms with E-state index in [4.69, 9.17) is 9.47 Å². The minimum absolute atomic E-state index is 0.167. The average molecular weight is 387 g/mol. The maximum Gasteiger partial charge on any atom is 0.295 e. The molecule has 0 aliphatic carbocycles. The predicted molar refractivity (Wildman–Crippen MR) is 105 cm³/mol. The molecule has 7 heteroatoms. The number of rotatable bonds is 4. The Morgan fingerprint density at radius 1 is 1.10 bits per heavy atom. The van der Waals surface area contributed by atoms with Crippen LogP contribution >= 0.6 is 0 Å². The van der Waals surface area contributed by atoms with E-state index in [1.165, 1.54) is 0 Å². The summed E-state index contributed by atoms with van der Waals surface area (Å²) < 4.78 is 10.8. The minimum atomic E-state index is -1.36. The highest BCUT2D eigenvalue weighted by Gasteiger charge is 2.51. The van der Waals surface area contributed by atoms with Crippen LogP contribution in [-0.4, -0.2) is 35.0 Å². The molecule has 0 saturated carbocycles. The van der Waals surface area contributed by atoms with Crippen molar-refractivity contribution in [3.05, 3.63) is 84.1 Å². The summed E-state index contributed by atoms with van der Waals surface area (Å²) in [6.07, 6.45) is 7.32. The average Bonchev–Trinajstić information content (AvgIpc) is 3.31. The van der Waals surface area contributed by atoms with Crippen LogP contribution in [0.2, 0.25) is 0 Å². The van der Waals surface area contributed by atoms with Crippen molar-refractivity contribution in [3.63, 3.8) is 0 Å². The lowest BCUT2D eigenvalue weighted by Gasteiger charge is -2.37. The van der Waals surface area contributed by atoms with Crippen molar-refractivity contribution in [2.45, 2.75) is 12.1 Å². The van der Waals surface area contributed by atoms with Crippen LogP contribution in [0.5, 0.6) is 11.5 Å². The van der Waals surface area contributed by atoms with E-state index >= 15 is 0 Å². The summed E-state index contributed by atoms with van der Waals surface area (Å²) in [5, 5.41) is 2.94. The van der Waals surface area contributed by atoms with Gasteiger partial charge in [-0.15, -0.1) is 0 Å². The van der Waals surface area contributed by atoms with Crippen LogP contribution in [0.1, 0.15) is 15.9 Å². The van der Waals surface area contributed by atoms with E-state index in [9.17, 15) is 9.59 Å². The number of hydrogen-bond acceptors (Lipinski definition) is 5. The lowest BCUT2D eigenvalue weighted by Crippen LogP contribution is -2.63. The molecule has 29 heavy (non-hydrogen) atoms. The lowest BCUT2D eigenvalue weighted by molar-refractivity contribution is -0.126. The second-order valence-corrected chi connectivity index (χ2v) is 6.89. The van der Waals surface area contributed by atoms with E-state index in [1.54, 1.807) is 59.7 Å². The van der Waals surface area contributed by atoms with Crippen molar-refractivity contribution in [1.29, 1.82) is 0 Å². The molecule has 0 radical (unpaired) electrons. The van der Waals surface area contributed by atoms with Crippen molar-refractivity contribution < 1.29 is 19.1 Å². The van der Waals surface area contributed by atoms with Crippen molar-refractivity contribution in [2.24, 2.45) is 4.99 Å². The quantitative estimate of drug-likeness (QED) is 0.872. The van der Waals surface area contributed by atoms with Gasteiger partial charge in [-0.2, -0.15) is 4.99 Å². The zero-order valence-electron chi connectivity index (χ0n) is 15.4. The largest absolute Gasteiger partial charge is 0.454 e. The summed E-state index contributed by atoms with van der Waals surface area (Å²) in [4.78, 5) is 32.0. The minimum Gasteiger partial charge on any atom is -0.454 e. The highest BCUT2D eigenvalue weighted by atomic mass is 16.7. The van der Waals surface area contributed by atoms with Crippen LogP contribution < -0.4 is 14.8 Å². The standard InChI is InChI=1S/C22H17N3O4/c26-20(16-6-2-1-3-7-16)24-22(21(27)23-19-8-4-5-11-25(19)22)13-15-9-10-17-18(12-15)29-14-28-17/h1-12H,13-14H2,(H,24,26). The molecule has 0 spiro atoms. The third kappa shape index (κ3) is 2.87. The number of amides is 2. The number of nitrogens with zero attached hydrogens (tertiary/aromatic N) is 2. The Morgan fingerprint density at radius 3 is 2.79 bits per heavy atom. The fraction of sp³-hybridized carbons (Fsp3) is 0.136. The Bertz CT molecular complexity index is 1090. The number of allylic oxidation sites excluding steroid dienone is 2. The Balaban J connectivity index is 1.53. The number of carbonyl (C=O) groups is 2. The second-order valence-electron chi connectivity index (χ2n) is 6.89. The Kier molecular flexibility index (Phi) is 3.94. The van der Waals surface area contributed by atoms with E-state index in [0.29, 0.717) is 22.9 Å². The van der Waals surface area contributed by atoms with Crippen molar-refractivity contribution >= 4 is 17.6 Å². The van der Waals surface area contributed by atoms with Gasteiger partial charge >= 0.3 is 0 Å². The number of aliphatic imine (C=N–C) groups is 1. The lowest BCUT2D eigenvalue weighted by atomic mass is 9.96. The molecule has 2 aromatic carbocycles. The van der Waals surface area contributed by atoms with Crippen LogP contribution in [-0.2, 0) is 11.2 Å². The van der Waals surface area contributed by atoms with Gasteiger partial charge in [0.1, 0.15) is 5.84 Å². The molecule has 1 N–H and O–H groups in total. The molecule has 7 nitrogen and oxygen atoms in total. The number of nitrogens with one attached hydrogen (secondary N) is 1. The van der Waals surface area contributed by atoms with Gasteiger partial charge in [-0.1, -0.05) is 30.3 Å². The molecule has 3 heterocycles. The fourth-order valence-corrected chi connectivity index (χ4v) is 3.66. The molecule has 0 fully saturated rings. The van der Waals surface area contributed by atoms with Gasteiger partial charge in [-0.25, -0.2) is 0 Å². The molecular weight excluding hydrogens is 370 g/mol. The molecule has 0 saturated heterocycles. The van der Waals surface area contributed by atoms with Gasteiger partial charge in [-0.3, -0.25) is 9.59 Å². The molecule has 0 bridgehead atoms. The topological polar surface area (TPSA) is 80.2 Å². The number of benzene rings is 2. The van der Waals surface area contributed by atoms with Gasteiger partial charge < -0.3 is 19.7 Å². The van der Waals surface area contributed by atoms with Crippen LogP contribution in [0.25, 0.3) is 0 Å². The maximum absolute atomic E-state index is 13.1. The number of amidine groups is 1.